The lowest BCUT2D eigenvalue weighted by molar-refractivity contribution is 0.190. The minimum atomic E-state index is 0.212. The maximum atomic E-state index is 5.93. The van der Waals surface area contributed by atoms with Crippen molar-refractivity contribution in [2.75, 3.05) is 18.0 Å². The van der Waals surface area contributed by atoms with E-state index in [0.717, 1.165) is 30.0 Å². The molecule has 2 rings (SSSR count). The first-order valence-electron chi connectivity index (χ1n) is 5.96. The Hall–Kier alpha value is -1.66. The second-order valence-corrected chi connectivity index (χ2v) is 4.24. The number of benzene rings is 1. The quantitative estimate of drug-likeness (QED) is 0.804. The Morgan fingerprint density at radius 2 is 2.41 bits per heavy atom. The summed E-state index contributed by atoms with van der Waals surface area (Å²) in [7, 11) is 0. The normalized spacial score (nSPS) is 18.2. The molecule has 0 aliphatic carbocycles. The topological polar surface area (TPSA) is 38.5 Å². The molecule has 0 bridgehead atoms. The van der Waals surface area contributed by atoms with Crippen LogP contribution in [0, 0.1) is 12.3 Å². The third-order valence-corrected chi connectivity index (χ3v) is 3.06. The number of hydrogen-bond donors (Lipinski definition) is 1. The Kier molecular flexibility index (Phi) is 3.55. The molecule has 1 aliphatic rings. The molecule has 2 N–H and O–H groups in total. The standard InChI is InChI=1S/C14H18N2O/c1-3-7-16-10-12(4-2)17-14-8-11(9-15)5-6-13(14)16/h1,5-6,8,12H,4,7,9-10,15H2,2H3. The summed E-state index contributed by atoms with van der Waals surface area (Å²) in [6, 6.07) is 6.08. The Morgan fingerprint density at radius 3 is 3.06 bits per heavy atom. The van der Waals surface area contributed by atoms with E-state index in [-0.39, 0.29) is 6.10 Å². The van der Waals surface area contributed by atoms with E-state index >= 15 is 0 Å². The minimum absolute atomic E-state index is 0.212. The zero-order valence-corrected chi connectivity index (χ0v) is 10.1. The molecule has 0 saturated carbocycles. The van der Waals surface area contributed by atoms with Crippen molar-refractivity contribution in [1.82, 2.24) is 0 Å². The maximum absolute atomic E-state index is 5.93. The Bertz CT molecular complexity index is 436. The van der Waals surface area contributed by atoms with Gasteiger partial charge in [0.05, 0.1) is 18.8 Å². The second kappa shape index (κ2) is 5.11. The van der Waals surface area contributed by atoms with Gasteiger partial charge in [-0.2, -0.15) is 0 Å². The van der Waals surface area contributed by atoms with Crippen LogP contribution < -0.4 is 15.4 Å². The monoisotopic (exact) mass is 230 g/mol. The molecule has 1 unspecified atom stereocenters. The summed E-state index contributed by atoms with van der Waals surface area (Å²) < 4.78 is 5.93. The molecule has 0 aromatic heterocycles. The van der Waals surface area contributed by atoms with Gasteiger partial charge in [-0.3, -0.25) is 0 Å². The lowest BCUT2D eigenvalue weighted by atomic mass is 10.1. The minimum Gasteiger partial charge on any atom is -0.486 e. The molecular weight excluding hydrogens is 212 g/mol. The van der Waals surface area contributed by atoms with Crippen molar-refractivity contribution in [2.45, 2.75) is 26.0 Å². The molecule has 0 saturated heterocycles. The van der Waals surface area contributed by atoms with Crippen molar-refractivity contribution < 1.29 is 4.74 Å². The summed E-state index contributed by atoms with van der Waals surface area (Å²) in [5.74, 6) is 3.60. The first-order valence-corrected chi connectivity index (χ1v) is 5.96. The van der Waals surface area contributed by atoms with E-state index in [2.05, 4.69) is 17.7 Å². The largest absolute Gasteiger partial charge is 0.486 e. The Labute approximate surface area is 103 Å². The van der Waals surface area contributed by atoms with Crippen LogP contribution in [0.2, 0.25) is 0 Å². The van der Waals surface area contributed by atoms with Crippen LogP contribution in [-0.4, -0.2) is 19.2 Å². The van der Waals surface area contributed by atoms with Crippen LogP contribution in [0.1, 0.15) is 18.9 Å². The lowest BCUT2D eigenvalue weighted by Gasteiger charge is -2.35. The zero-order valence-electron chi connectivity index (χ0n) is 10.1. The van der Waals surface area contributed by atoms with Crippen LogP contribution >= 0.6 is 0 Å². The zero-order chi connectivity index (χ0) is 12.3. The number of rotatable bonds is 3. The average Bonchev–Trinajstić information content (AvgIpc) is 2.38. The molecule has 1 aromatic carbocycles. The van der Waals surface area contributed by atoms with Gasteiger partial charge < -0.3 is 15.4 Å². The number of hydrogen-bond acceptors (Lipinski definition) is 3. The van der Waals surface area contributed by atoms with E-state index in [1.807, 2.05) is 18.2 Å². The number of nitrogens with two attached hydrogens (primary N) is 1. The van der Waals surface area contributed by atoms with Crippen LogP contribution in [0.4, 0.5) is 5.69 Å². The molecule has 0 fully saturated rings. The van der Waals surface area contributed by atoms with E-state index < -0.39 is 0 Å². The van der Waals surface area contributed by atoms with Crippen LogP contribution in [0.15, 0.2) is 18.2 Å². The van der Waals surface area contributed by atoms with Crippen molar-refractivity contribution in [1.29, 1.82) is 0 Å². The van der Waals surface area contributed by atoms with E-state index in [1.165, 1.54) is 0 Å². The number of fused-ring (bicyclic) bond motifs is 1. The molecule has 17 heavy (non-hydrogen) atoms. The number of ether oxygens (including phenoxy) is 1. The lowest BCUT2D eigenvalue weighted by Crippen LogP contribution is -2.39. The van der Waals surface area contributed by atoms with Crippen molar-refractivity contribution in [3.63, 3.8) is 0 Å². The predicted octanol–water partition coefficient (Wildman–Crippen LogP) is 1.76. The van der Waals surface area contributed by atoms with Crippen LogP contribution in [0.3, 0.4) is 0 Å². The summed E-state index contributed by atoms with van der Waals surface area (Å²) >= 11 is 0. The number of anilines is 1. The van der Waals surface area contributed by atoms with Gasteiger partial charge in [0.25, 0.3) is 0 Å². The van der Waals surface area contributed by atoms with Crippen LogP contribution in [0.25, 0.3) is 0 Å². The van der Waals surface area contributed by atoms with Crippen molar-refractivity contribution in [3.05, 3.63) is 23.8 Å². The Balaban J connectivity index is 2.34. The highest BCUT2D eigenvalue weighted by molar-refractivity contribution is 5.62. The maximum Gasteiger partial charge on any atom is 0.143 e. The van der Waals surface area contributed by atoms with Gasteiger partial charge in [0.15, 0.2) is 0 Å². The van der Waals surface area contributed by atoms with E-state index in [9.17, 15) is 0 Å². The molecule has 1 aliphatic heterocycles. The van der Waals surface area contributed by atoms with E-state index in [4.69, 9.17) is 16.9 Å². The SMILES string of the molecule is C#CCN1CC(CC)Oc2cc(CN)ccc21. The molecule has 1 heterocycles. The summed E-state index contributed by atoms with van der Waals surface area (Å²) in [6.45, 7) is 4.13. The van der Waals surface area contributed by atoms with Gasteiger partial charge in [-0.15, -0.1) is 6.42 Å². The molecule has 0 spiro atoms. The molecular formula is C14H18N2O. The molecule has 1 aromatic rings. The Morgan fingerprint density at radius 1 is 1.59 bits per heavy atom. The number of terminal acetylenes is 1. The second-order valence-electron chi connectivity index (χ2n) is 4.24. The predicted molar refractivity (Wildman–Crippen MR) is 70.1 cm³/mol. The third kappa shape index (κ3) is 2.37. The van der Waals surface area contributed by atoms with Crippen LogP contribution in [-0.2, 0) is 6.54 Å². The highest BCUT2D eigenvalue weighted by Crippen LogP contribution is 2.34. The van der Waals surface area contributed by atoms with Gasteiger partial charge in [0, 0.05) is 6.54 Å². The van der Waals surface area contributed by atoms with E-state index in [0.29, 0.717) is 13.1 Å². The number of nitrogens with zero attached hydrogens (tertiary/aromatic N) is 1. The fourth-order valence-corrected chi connectivity index (χ4v) is 2.07. The summed E-state index contributed by atoms with van der Waals surface area (Å²) in [5.41, 5.74) is 7.80. The highest BCUT2D eigenvalue weighted by atomic mass is 16.5. The smallest absolute Gasteiger partial charge is 0.143 e. The molecule has 0 amide bonds. The molecule has 0 radical (unpaired) electrons. The first kappa shape index (κ1) is 11.8. The summed E-state index contributed by atoms with van der Waals surface area (Å²) in [4.78, 5) is 2.19. The first-order chi connectivity index (χ1) is 8.28. The highest BCUT2D eigenvalue weighted by Gasteiger charge is 2.23. The molecule has 1 atom stereocenters. The van der Waals surface area contributed by atoms with Crippen molar-refractivity contribution in [2.24, 2.45) is 5.73 Å². The molecule has 90 valence electrons. The summed E-state index contributed by atoms with van der Waals surface area (Å²) in [6.07, 6.45) is 6.60. The van der Waals surface area contributed by atoms with Gasteiger partial charge in [0.1, 0.15) is 11.9 Å². The van der Waals surface area contributed by atoms with Gasteiger partial charge >= 0.3 is 0 Å². The van der Waals surface area contributed by atoms with Gasteiger partial charge in [-0.05, 0) is 24.1 Å². The van der Waals surface area contributed by atoms with Crippen LogP contribution in [0.5, 0.6) is 5.75 Å². The van der Waals surface area contributed by atoms with Crippen molar-refractivity contribution in [3.8, 4) is 18.1 Å². The van der Waals surface area contributed by atoms with Gasteiger partial charge in [0.2, 0.25) is 0 Å². The van der Waals surface area contributed by atoms with Crippen molar-refractivity contribution >= 4 is 5.69 Å². The summed E-state index contributed by atoms with van der Waals surface area (Å²) in [5, 5.41) is 0. The fourth-order valence-electron chi connectivity index (χ4n) is 2.07. The van der Waals surface area contributed by atoms with Gasteiger partial charge in [-0.25, -0.2) is 0 Å². The fraction of sp³-hybridized carbons (Fsp3) is 0.429. The van der Waals surface area contributed by atoms with E-state index in [1.54, 1.807) is 0 Å². The average molecular weight is 230 g/mol. The molecule has 3 nitrogen and oxygen atoms in total. The third-order valence-electron chi connectivity index (χ3n) is 3.06. The molecule has 3 heteroatoms. The van der Waals surface area contributed by atoms with Gasteiger partial charge in [-0.1, -0.05) is 18.9 Å².